The van der Waals surface area contributed by atoms with Crippen LogP contribution in [0.25, 0.3) is 0 Å². The fraction of sp³-hybridized carbons (Fsp3) is 0.308. The molecule has 1 aliphatic heterocycles. The molecule has 1 heterocycles. The smallest absolute Gasteiger partial charge is 0.205 e. The summed E-state index contributed by atoms with van der Waals surface area (Å²) in [6, 6.07) is 9.62. The minimum absolute atomic E-state index is 0.0368. The highest BCUT2D eigenvalue weighted by Gasteiger charge is 2.28. The first-order valence-electron chi connectivity index (χ1n) is 5.38. The summed E-state index contributed by atoms with van der Waals surface area (Å²) in [5.74, 6) is 0. The lowest BCUT2D eigenvalue weighted by Crippen LogP contribution is -2.32. The monoisotopic (exact) mass is 227 g/mol. The van der Waals surface area contributed by atoms with Gasteiger partial charge in [0, 0.05) is 5.56 Å². The van der Waals surface area contributed by atoms with Crippen molar-refractivity contribution in [3.63, 3.8) is 0 Å². The Hall–Kier alpha value is -2.15. The van der Waals surface area contributed by atoms with Gasteiger partial charge in [-0.05, 0) is 25.8 Å². The Labute approximate surface area is 99.9 Å². The molecule has 0 aliphatic carbocycles. The number of nitriles is 1. The Bertz CT molecular complexity index is 550. The molecule has 86 valence electrons. The third kappa shape index (κ3) is 2.04. The normalized spacial score (nSPS) is 17.9. The fourth-order valence-electron chi connectivity index (χ4n) is 2.08. The van der Waals surface area contributed by atoms with E-state index in [-0.39, 0.29) is 11.3 Å². The molecule has 1 aliphatic rings. The largest absolute Gasteiger partial charge is 0.410 e. The van der Waals surface area contributed by atoms with Crippen LogP contribution in [0.2, 0.25) is 0 Å². The first-order chi connectivity index (χ1) is 8.07. The molecule has 0 aromatic heterocycles. The lowest BCUT2D eigenvalue weighted by atomic mass is 9.86. The summed E-state index contributed by atoms with van der Waals surface area (Å²) >= 11 is 0. The highest BCUT2D eigenvalue weighted by Crippen LogP contribution is 2.27. The van der Waals surface area contributed by atoms with Gasteiger partial charge < -0.3 is 5.21 Å². The highest BCUT2D eigenvalue weighted by atomic mass is 16.4. The molecular weight excluding hydrogens is 214 g/mol. The number of fused-ring (bicyclic) bond motifs is 1. The molecule has 0 saturated carbocycles. The second kappa shape index (κ2) is 4.02. The summed E-state index contributed by atoms with van der Waals surface area (Å²) in [5.41, 5.74) is 2.16. The molecule has 1 aromatic rings. The first kappa shape index (κ1) is 11.3. The van der Waals surface area contributed by atoms with Crippen LogP contribution in [0.4, 0.5) is 0 Å². The maximum atomic E-state index is 8.95. The number of nitrogens with zero attached hydrogens (tertiary/aromatic N) is 3. The van der Waals surface area contributed by atoms with Gasteiger partial charge in [0.15, 0.2) is 0 Å². The van der Waals surface area contributed by atoms with Crippen molar-refractivity contribution in [1.29, 1.82) is 5.26 Å². The summed E-state index contributed by atoms with van der Waals surface area (Å²) in [4.78, 5) is 4.50. The molecule has 17 heavy (non-hydrogen) atoms. The first-order valence-corrected chi connectivity index (χ1v) is 5.38. The van der Waals surface area contributed by atoms with Crippen LogP contribution in [-0.4, -0.2) is 22.2 Å². The summed E-state index contributed by atoms with van der Waals surface area (Å²) < 4.78 is 0. The van der Waals surface area contributed by atoms with Gasteiger partial charge in [-0.15, -0.1) is 0 Å². The van der Waals surface area contributed by atoms with Crippen LogP contribution >= 0.6 is 0 Å². The number of hydrogen-bond acceptors (Lipinski definition) is 4. The molecule has 0 bridgehead atoms. The quantitative estimate of drug-likeness (QED) is 0.454. The van der Waals surface area contributed by atoms with Crippen molar-refractivity contribution in [2.45, 2.75) is 25.8 Å². The number of aliphatic imine (C=N–C) groups is 1. The predicted octanol–water partition coefficient (Wildman–Crippen LogP) is 2.16. The number of rotatable bonds is 1. The number of benzene rings is 1. The molecule has 2 rings (SSSR count). The molecule has 0 spiro atoms. The summed E-state index contributed by atoms with van der Waals surface area (Å²) in [5, 5.41) is 20.8. The molecule has 1 aromatic carbocycles. The van der Waals surface area contributed by atoms with Crippen LogP contribution in [0.3, 0.4) is 0 Å². The van der Waals surface area contributed by atoms with E-state index in [0.717, 1.165) is 17.5 Å². The van der Waals surface area contributed by atoms with Crippen LogP contribution in [0, 0.1) is 11.3 Å². The van der Waals surface area contributed by atoms with E-state index in [0.29, 0.717) is 5.71 Å². The van der Waals surface area contributed by atoms with Crippen LogP contribution in [0.5, 0.6) is 0 Å². The van der Waals surface area contributed by atoms with Gasteiger partial charge in [0.2, 0.25) is 5.71 Å². The molecule has 0 amide bonds. The van der Waals surface area contributed by atoms with Gasteiger partial charge in [0.1, 0.15) is 11.8 Å². The summed E-state index contributed by atoms with van der Waals surface area (Å²) in [6.45, 7) is 3.99. The molecule has 4 nitrogen and oxygen atoms in total. The molecule has 0 radical (unpaired) electrons. The van der Waals surface area contributed by atoms with Crippen molar-refractivity contribution in [2.75, 3.05) is 0 Å². The van der Waals surface area contributed by atoms with Crippen molar-refractivity contribution in [3.8, 4) is 6.07 Å². The summed E-state index contributed by atoms with van der Waals surface area (Å²) in [6.07, 6.45) is 0.816. The van der Waals surface area contributed by atoms with E-state index < -0.39 is 0 Å². The Balaban J connectivity index is 2.63. The van der Waals surface area contributed by atoms with E-state index in [1.165, 1.54) is 0 Å². The van der Waals surface area contributed by atoms with E-state index in [9.17, 15) is 0 Å². The van der Waals surface area contributed by atoms with Gasteiger partial charge in [-0.1, -0.05) is 29.4 Å². The van der Waals surface area contributed by atoms with E-state index in [1.54, 1.807) is 0 Å². The fourth-order valence-corrected chi connectivity index (χ4v) is 2.08. The van der Waals surface area contributed by atoms with Crippen molar-refractivity contribution in [1.82, 2.24) is 0 Å². The van der Waals surface area contributed by atoms with Gasteiger partial charge in [0.25, 0.3) is 0 Å². The topological polar surface area (TPSA) is 68.7 Å². The van der Waals surface area contributed by atoms with Gasteiger partial charge in [-0.3, -0.25) is 4.99 Å². The Kier molecular flexibility index (Phi) is 2.68. The van der Waals surface area contributed by atoms with Gasteiger partial charge in [-0.2, -0.15) is 5.26 Å². The van der Waals surface area contributed by atoms with Crippen LogP contribution in [-0.2, 0) is 6.42 Å². The average Bonchev–Trinajstić information content (AvgIpc) is 2.29. The standard InChI is InChI=1S/C13H13N3O/c1-13(2)7-9-5-3-4-6-10(9)12(15-13)11(8-14)16-17/h3-6,17H,7H2,1-2H3/b16-11-. The zero-order valence-electron chi connectivity index (χ0n) is 9.81. The summed E-state index contributed by atoms with van der Waals surface area (Å²) in [7, 11) is 0. The average molecular weight is 227 g/mol. The molecule has 0 atom stereocenters. The van der Waals surface area contributed by atoms with E-state index in [4.69, 9.17) is 10.5 Å². The van der Waals surface area contributed by atoms with Gasteiger partial charge >= 0.3 is 0 Å². The third-order valence-corrected chi connectivity index (χ3v) is 2.74. The number of hydrogen-bond donors (Lipinski definition) is 1. The van der Waals surface area contributed by atoms with E-state index in [1.807, 2.05) is 44.2 Å². The van der Waals surface area contributed by atoms with Crippen molar-refractivity contribution in [2.24, 2.45) is 10.1 Å². The highest BCUT2D eigenvalue weighted by molar-refractivity contribution is 6.53. The van der Waals surface area contributed by atoms with Gasteiger partial charge in [-0.25, -0.2) is 0 Å². The minimum atomic E-state index is -0.281. The Morgan fingerprint density at radius 2 is 2.18 bits per heavy atom. The maximum absolute atomic E-state index is 8.95. The van der Waals surface area contributed by atoms with Crippen LogP contribution < -0.4 is 0 Å². The van der Waals surface area contributed by atoms with Crippen molar-refractivity contribution >= 4 is 11.4 Å². The number of oxime groups is 1. The van der Waals surface area contributed by atoms with Crippen molar-refractivity contribution < 1.29 is 5.21 Å². The van der Waals surface area contributed by atoms with Crippen molar-refractivity contribution in [3.05, 3.63) is 35.4 Å². The molecule has 0 fully saturated rings. The molecule has 1 N–H and O–H groups in total. The van der Waals surface area contributed by atoms with Gasteiger partial charge in [0.05, 0.1) is 5.54 Å². The molecule has 0 saturated heterocycles. The second-order valence-corrected chi connectivity index (χ2v) is 4.67. The van der Waals surface area contributed by atoms with Crippen LogP contribution in [0.15, 0.2) is 34.4 Å². The third-order valence-electron chi connectivity index (χ3n) is 2.74. The Morgan fingerprint density at radius 1 is 1.47 bits per heavy atom. The molecule has 0 unspecified atom stereocenters. The second-order valence-electron chi connectivity index (χ2n) is 4.67. The predicted molar refractivity (Wildman–Crippen MR) is 65.6 cm³/mol. The lowest BCUT2D eigenvalue weighted by Gasteiger charge is -2.28. The molecule has 4 heteroatoms. The zero-order valence-corrected chi connectivity index (χ0v) is 9.81. The van der Waals surface area contributed by atoms with E-state index >= 15 is 0 Å². The Morgan fingerprint density at radius 3 is 2.82 bits per heavy atom. The van der Waals surface area contributed by atoms with E-state index in [2.05, 4.69) is 10.1 Å². The lowest BCUT2D eigenvalue weighted by molar-refractivity contribution is 0.320. The molecular formula is C13H13N3O. The minimum Gasteiger partial charge on any atom is -0.410 e. The SMILES string of the molecule is CC1(C)Cc2ccccc2C(/C(C#N)=N\O)=N1. The van der Waals surface area contributed by atoms with Crippen LogP contribution in [0.1, 0.15) is 25.0 Å². The maximum Gasteiger partial charge on any atom is 0.205 e. The zero-order chi connectivity index (χ0) is 12.5.